The van der Waals surface area contributed by atoms with Crippen molar-refractivity contribution in [3.8, 4) is 0 Å². The first kappa shape index (κ1) is 27.3. The van der Waals surface area contributed by atoms with Crippen LogP contribution < -0.4 is 10.2 Å². The summed E-state index contributed by atoms with van der Waals surface area (Å²) in [7, 11) is 0. The number of aryl methyl sites for hydroxylation is 3. The number of allylic oxidation sites excluding steroid dienone is 5. The van der Waals surface area contributed by atoms with Crippen molar-refractivity contribution in [3.05, 3.63) is 150 Å². The Kier molecular flexibility index (Phi) is 10.1. The van der Waals surface area contributed by atoms with Crippen LogP contribution in [0.4, 0.5) is 28.4 Å². The zero-order valence-electron chi connectivity index (χ0n) is 22.7. The van der Waals surface area contributed by atoms with Gasteiger partial charge in [-0.3, -0.25) is 0 Å². The van der Waals surface area contributed by atoms with E-state index in [4.69, 9.17) is 0 Å². The minimum absolute atomic E-state index is 1.07. The van der Waals surface area contributed by atoms with E-state index >= 15 is 0 Å². The number of nitrogens with one attached hydrogen (secondary N) is 1. The van der Waals surface area contributed by atoms with Crippen molar-refractivity contribution in [2.24, 2.45) is 0 Å². The molecule has 0 spiro atoms. The highest BCUT2D eigenvalue weighted by Crippen LogP contribution is 2.35. The average molecular weight is 487 g/mol. The third-order valence-electron chi connectivity index (χ3n) is 6.00. The highest BCUT2D eigenvalue weighted by Gasteiger charge is 2.12. The summed E-state index contributed by atoms with van der Waals surface area (Å²) >= 11 is 0. The molecule has 2 heteroatoms. The van der Waals surface area contributed by atoms with E-state index in [0.717, 1.165) is 28.4 Å². The third-order valence-corrected chi connectivity index (χ3v) is 6.00. The van der Waals surface area contributed by atoms with E-state index in [9.17, 15) is 0 Å². The molecule has 0 aliphatic carbocycles. The second kappa shape index (κ2) is 13.7. The first-order valence-corrected chi connectivity index (χ1v) is 12.7. The molecule has 0 saturated heterocycles. The van der Waals surface area contributed by atoms with Crippen molar-refractivity contribution in [2.45, 2.75) is 34.6 Å². The van der Waals surface area contributed by atoms with E-state index < -0.39 is 0 Å². The van der Waals surface area contributed by atoms with Crippen molar-refractivity contribution in [1.82, 2.24) is 0 Å². The standard InChI is InChI=1S/C27H26N2.C8H12/c1-20-4-10-23(11-5-20)28-24-12-18-27(19-13-24)29(25-14-6-21(2)7-15-25)26-16-8-22(3)9-17-26;1-4-6-7-8(3)5-2/h4-19,28H,1-3H3;4-7H,1H2,2-3H3/b;7-6-,8-5-. The van der Waals surface area contributed by atoms with Crippen molar-refractivity contribution in [1.29, 1.82) is 0 Å². The van der Waals surface area contributed by atoms with E-state index in [1.54, 1.807) is 6.08 Å². The Bertz CT molecular complexity index is 1260. The number of benzene rings is 4. The molecule has 1 N–H and O–H groups in total. The molecule has 0 atom stereocenters. The number of hydrogen-bond donors (Lipinski definition) is 1. The molecule has 4 aromatic carbocycles. The number of nitrogens with zero attached hydrogens (tertiary/aromatic N) is 1. The maximum Gasteiger partial charge on any atom is 0.0463 e. The normalized spacial score (nSPS) is 11.0. The number of rotatable bonds is 7. The molecule has 0 unspecified atom stereocenters. The number of anilines is 5. The van der Waals surface area contributed by atoms with Crippen molar-refractivity contribution >= 4 is 28.4 Å². The second-order valence-electron chi connectivity index (χ2n) is 9.17. The van der Waals surface area contributed by atoms with Gasteiger partial charge in [-0.15, -0.1) is 0 Å². The predicted molar refractivity (Wildman–Crippen MR) is 164 cm³/mol. The van der Waals surface area contributed by atoms with E-state index in [1.807, 2.05) is 19.1 Å². The molecule has 2 nitrogen and oxygen atoms in total. The molecule has 0 aromatic heterocycles. The molecule has 0 radical (unpaired) electrons. The van der Waals surface area contributed by atoms with Crippen LogP contribution >= 0.6 is 0 Å². The third kappa shape index (κ3) is 8.40. The van der Waals surface area contributed by atoms with Crippen molar-refractivity contribution in [2.75, 3.05) is 10.2 Å². The fraction of sp³-hybridized carbons (Fsp3) is 0.143. The van der Waals surface area contributed by atoms with Crippen LogP contribution in [0.2, 0.25) is 0 Å². The summed E-state index contributed by atoms with van der Waals surface area (Å²) in [6.45, 7) is 14.0. The Hall–Kier alpha value is -4.30. The lowest BCUT2D eigenvalue weighted by Crippen LogP contribution is -2.09. The maximum absolute atomic E-state index is 3.55. The van der Waals surface area contributed by atoms with Gasteiger partial charge < -0.3 is 10.2 Å². The summed E-state index contributed by atoms with van der Waals surface area (Å²) in [5, 5.41) is 3.47. The zero-order valence-corrected chi connectivity index (χ0v) is 22.7. The summed E-state index contributed by atoms with van der Waals surface area (Å²) in [6.07, 6.45) is 7.77. The van der Waals surface area contributed by atoms with Gasteiger partial charge in [0.1, 0.15) is 0 Å². The summed E-state index contributed by atoms with van der Waals surface area (Å²) in [5.41, 5.74) is 10.7. The van der Waals surface area contributed by atoms with Crippen LogP contribution in [-0.2, 0) is 0 Å². The fourth-order valence-corrected chi connectivity index (χ4v) is 3.65. The first-order chi connectivity index (χ1) is 17.9. The Morgan fingerprint density at radius 2 is 0.973 bits per heavy atom. The molecular weight excluding hydrogens is 448 g/mol. The van der Waals surface area contributed by atoms with Gasteiger partial charge >= 0.3 is 0 Å². The van der Waals surface area contributed by atoms with Crippen LogP contribution in [0.5, 0.6) is 0 Å². The predicted octanol–water partition coefficient (Wildman–Crippen LogP) is 10.5. The fourth-order valence-electron chi connectivity index (χ4n) is 3.65. The number of hydrogen-bond acceptors (Lipinski definition) is 2. The van der Waals surface area contributed by atoms with Crippen LogP contribution in [0, 0.1) is 20.8 Å². The van der Waals surface area contributed by atoms with E-state index in [2.05, 4.69) is 148 Å². The second-order valence-corrected chi connectivity index (χ2v) is 9.17. The minimum atomic E-state index is 1.07. The molecule has 0 fully saturated rings. The van der Waals surface area contributed by atoms with Gasteiger partial charge in [0.15, 0.2) is 0 Å². The maximum atomic E-state index is 3.55. The molecule has 37 heavy (non-hydrogen) atoms. The van der Waals surface area contributed by atoms with Crippen LogP contribution in [0.3, 0.4) is 0 Å². The van der Waals surface area contributed by atoms with Gasteiger partial charge in [0.05, 0.1) is 0 Å². The minimum Gasteiger partial charge on any atom is -0.356 e. The summed E-state index contributed by atoms with van der Waals surface area (Å²) in [5.74, 6) is 0. The molecule has 0 aliphatic rings. The SMILES string of the molecule is C=C/C=C\C(C)=C/C.Cc1ccc(Nc2ccc(N(c3ccc(C)cc3)c3ccc(C)cc3)cc2)cc1. The van der Waals surface area contributed by atoms with Gasteiger partial charge in [-0.1, -0.05) is 89.5 Å². The Balaban J connectivity index is 0.000000414. The van der Waals surface area contributed by atoms with Crippen LogP contribution in [0.1, 0.15) is 30.5 Å². The molecule has 0 aliphatic heterocycles. The van der Waals surface area contributed by atoms with Gasteiger partial charge in [-0.2, -0.15) is 0 Å². The van der Waals surface area contributed by atoms with Gasteiger partial charge in [0.25, 0.3) is 0 Å². The lowest BCUT2D eigenvalue weighted by molar-refractivity contribution is 1.27. The summed E-state index contributed by atoms with van der Waals surface area (Å²) < 4.78 is 0. The monoisotopic (exact) mass is 486 g/mol. The molecule has 0 bridgehead atoms. The molecule has 0 heterocycles. The summed E-state index contributed by atoms with van der Waals surface area (Å²) in [4.78, 5) is 2.29. The topological polar surface area (TPSA) is 15.3 Å². The van der Waals surface area contributed by atoms with E-state index in [0.29, 0.717) is 0 Å². The highest BCUT2D eigenvalue weighted by molar-refractivity contribution is 5.78. The lowest BCUT2D eigenvalue weighted by atomic mass is 10.1. The summed E-state index contributed by atoms with van der Waals surface area (Å²) in [6, 6.07) is 34.4. The largest absolute Gasteiger partial charge is 0.356 e. The van der Waals surface area contributed by atoms with Crippen LogP contribution in [0.15, 0.2) is 134 Å². The van der Waals surface area contributed by atoms with Gasteiger partial charge in [0.2, 0.25) is 0 Å². The van der Waals surface area contributed by atoms with E-state index in [1.165, 1.54) is 22.3 Å². The van der Waals surface area contributed by atoms with E-state index in [-0.39, 0.29) is 0 Å². The smallest absolute Gasteiger partial charge is 0.0463 e. The van der Waals surface area contributed by atoms with Gasteiger partial charge in [0, 0.05) is 28.4 Å². The highest BCUT2D eigenvalue weighted by atomic mass is 15.1. The molecular formula is C35H38N2. The molecule has 0 saturated carbocycles. The molecule has 188 valence electrons. The Labute approximate surface area is 223 Å². The van der Waals surface area contributed by atoms with Crippen LogP contribution in [0.25, 0.3) is 0 Å². The van der Waals surface area contributed by atoms with Crippen molar-refractivity contribution in [3.63, 3.8) is 0 Å². The molecule has 4 rings (SSSR count). The quantitative estimate of drug-likeness (QED) is 0.261. The Morgan fingerprint density at radius 3 is 1.35 bits per heavy atom. The molecule has 0 amide bonds. The lowest BCUT2D eigenvalue weighted by Gasteiger charge is -2.26. The zero-order chi connectivity index (χ0) is 26.6. The first-order valence-electron chi connectivity index (χ1n) is 12.7. The van der Waals surface area contributed by atoms with Gasteiger partial charge in [-0.05, 0) is 95.3 Å². The van der Waals surface area contributed by atoms with Gasteiger partial charge in [-0.25, -0.2) is 0 Å². The molecule has 4 aromatic rings. The van der Waals surface area contributed by atoms with Crippen LogP contribution in [-0.4, -0.2) is 0 Å². The van der Waals surface area contributed by atoms with Crippen molar-refractivity contribution < 1.29 is 0 Å². The average Bonchev–Trinajstić information content (AvgIpc) is 2.92. The Morgan fingerprint density at radius 1 is 0.622 bits per heavy atom.